The van der Waals surface area contributed by atoms with Gasteiger partial charge in [-0.25, -0.2) is 0 Å². The predicted molar refractivity (Wildman–Crippen MR) is 148 cm³/mol. The molecule has 6 nitrogen and oxygen atoms in total. The van der Waals surface area contributed by atoms with Crippen LogP contribution in [0, 0.1) is 0 Å². The van der Waals surface area contributed by atoms with Gasteiger partial charge >= 0.3 is 0 Å². The Morgan fingerprint density at radius 1 is 1.05 bits per heavy atom. The Hall–Kier alpha value is -2.29. The first-order valence-corrected chi connectivity index (χ1v) is 13.8. The van der Waals surface area contributed by atoms with E-state index in [1.54, 1.807) is 59.7 Å². The summed E-state index contributed by atoms with van der Waals surface area (Å²) < 4.78 is 10.8. The van der Waals surface area contributed by atoms with Crippen LogP contribution in [0.2, 0.25) is 15.1 Å². The molecule has 2 amide bonds. The molecule has 0 bridgehead atoms. The molecule has 10 heteroatoms. The molecule has 0 fully saturated rings. The van der Waals surface area contributed by atoms with Gasteiger partial charge in [-0.3, -0.25) is 9.59 Å². The van der Waals surface area contributed by atoms with Gasteiger partial charge in [0.25, 0.3) is 5.91 Å². The largest absolute Gasteiger partial charge is 0.484 e. The molecule has 0 radical (unpaired) electrons. The molecule has 196 valence electrons. The summed E-state index contributed by atoms with van der Waals surface area (Å²) in [5.41, 5.74) is 1.86. The average molecular weight is 582 g/mol. The first-order valence-electron chi connectivity index (χ1n) is 11.8. The minimum absolute atomic E-state index is 0.0757. The molecule has 1 aliphatic heterocycles. The van der Waals surface area contributed by atoms with Crippen LogP contribution in [0.4, 0.5) is 0 Å². The fraction of sp³-hybridized carbons (Fsp3) is 0.333. The summed E-state index contributed by atoms with van der Waals surface area (Å²) >= 11 is 20.3. The fourth-order valence-corrected chi connectivity index (χ4v) is 5.90. The van der Waals surface area contributed by atoms with E-state index in [2.05, 4.69) is 0 Å². The first-order chi connectivity index (χ1) is 17.9. The van der Waals surface area contributed by atoms with Gasteiger partial charge in [0.1, 0.15) is 5.75 Å². The van der Waals surface area contributed by atoms with E-state index >= 15 is 0 Å². The van der Waals surface area contributed by atoms with E-state index in [9.17, 15) is 9.59 Å². The van der Waals surface area contributed by atoms with Gasteiger partial charge in [-0.05, 0) is 71.8 Å². The van der Waals surface area contributed by atoms with Crippen LogP contribution in [0.1, 0.15) is 28.5 Å². The summed E-state index contributed by atoms with van der Waals surface area (Å²) in [6, 6.07) is 13.8. The average Bonchev–Trinajstić information content (AvgIpc) is 3.36. The number of halogens is 3. The Kier molecular flexibility index (Phi) is 9.73. The molecule has 1 unspecified atom stereocenters. The maximum atomic E-state index is 13.7. The molecule has 0 saturated heterocycles. The minimum Gasteiger partial charge on any atom is -0.484 e. The van der Waals surface area contributed by atoms with Gasteiger partial charge in [-0.2, -0.15) is 0 Å². The van der Waals surface area contributed by atoms with Crippen molar-refractivity contribution in [3.8, 4) is 5.75 Å². The monoisotopic (exact) mass is 580 g/mol. The highest BCUT2D eigenvalue weighted by Crippen LogP contribution is 2.41. The second-order valence-corrected chi connectivity index (χ2v) is 10.9. The molecule has 1 aromatic heterocycles. The highest BCUT2D eigenvalue weighted by Gasteiger charge is 2.35. The van der Waals surface area contributed by atoms with Crippen molar-refractivity contribution in [3.63, 3.8) is 0 Å². The van der Waals surface area contributed by atoms with Crippen molar-refractivity contribution in [3.05, 3.63) is 85.0 Å². The minimum atomic E-state index is -0.353. The second-order valence-electron chi connectivity index (χ2n) is 8.61. The number of hydrogen-bond acceptors (Lipinski definition) is 5. The van der Waals surface area contributed by atoms with Crippen LogP contribution in [0.25, 0.3) is 0 Å². The van der Waals surface area contributed by atoms with Gasteiger partial charge in [0.05, 0.1) is 12.6 Å². The van der Waals surface area contributed by atoms with Crippen molar-refractivity contribution in [2.75, 3.05) is 40.0 Å². The van der Waals surface area contributed by atoms with Crippen LogP contribution >= 0.6 is 46.1 Å². The number of carbonyl (C=O) groups excluding carboxylic acids is 2. The van der Waals surface area contributed by atoms with Gasteiger partial charge in [0, 0.05) is 46.8 Å². The number of rotatable bonds is 10. The van der Waals surface area contributed by atoms with E-state index in [-0.39, 0.29) is 31.0 Å². The van der Waals surface area contributed by atoms with Crippen LogP contribution in [-0.2, 0) is 20.7 Å². The summed E-state index contributed by atoms with van der Waals surface area (Å²) in [6.45, 7) is 1.10. The number of hydrogen-bond donors (Lipinski definition) is 0. The Bertz CT molecular complexity index is 1230. The van der Waals surface area contributed by atoms with E-state index in [1.165, 1.54) is 9.78 Å². The molecule has 1 atom stereocenters. The van der Waals surface area contributed by atoms with Gasteiger partial charge in [0.2, 0.25) is 5.91 Å². The highest BCUT2D eigenvalue weighted by molar-refractivity contribution is 7.10. The van der Waals surface area contributed by atoms with Crippen LogP contribution in [-0.4, -0.2) is 61.6 Å². The van der Waals surface area contributed by atoms with Gasteiger partial charge < -0.3 is 19.3 Å². The van der Waals surface area contributed by atoms with E-state index < -0.39 is 0 Å². The molecular weight excluding hydrogens is 555 g/mol. The molecule has 0 aliphatic carbocycles. The predicted octanol–water partition coefficient (Wildman–Crippen LogP) is 6.13. The molecule has 0 saturated carbocycles. The lowest BCUT2D eigenvalue weighted by Crippen LogP contribution is -2.48. The van der Waals surface area contributed by atoms with E-state index in [4.69, 9.17) is 44.3 Å². The van der Waals surface area contributed by atoms with Crippen molar-refractivity contribution >= 4 is 58.0 Å². The number of ether oxygens (including phenoxy) is 2. The second kappa shape index (κ2) is 13.0. The third-order valence-corrected chi connectivity index (χ3v) is 7.99. The first kappa shape index (κ1) is 27.7. The summed E-state index contributed by atoms with van der Waals surface area (Å²) in [5, 5.41) is 3.64. The molecule has 3 aromatic rings. The fourth-order valence-electron chi connectivity index (χ4n) is 4.36. The van der Waals surface area contributed by atoms with Gasteiger partial charge in [0.15, 0.2) is 6.61 Å². The summed E-state index contributed by atoms with van der Waals surface area (Å²) in [6.07, 6.45) is 1.34. The lowest BCUT2D eigenvalue weighted by molar-refractivity contribution is -0.143. The van der Waals surface area contributed by atoms with E-state index in [1.807, 2.05) is 17.5 Å². The van der Waals surface area contributed by atoms with Crippen LogP contribution in [0.15, 0.2) is 53.9 Å². The highest BCUT2D eigenvalue weighted by atomic mass is 35.5. The lowest BCUT2D eigenvalue weighted by atomic mass is 9.93. The molecule has 0 spiro atoms. The van der Waals surface area contributed by atoms with Crippen molar-refractivity contribution in [1.82, 2.24) is 9.80 Å². The summed E-state index contributed by atoms with van der Waals surface area (Å²) in [5.74, 6) is 0.0817. The topological polar surface area (TPSA) is 59.1 Å². The zero-order valence-electron chi connectivity index (χ0n) is 20.3. The number of carbonyl (C=O) groups is 2. The SMILES string of the molecule is COCCCN(CC(=O)N1CCc2sccc2C1c1ccc(Cl)cc1Cl)C(=O)COc1ccc(Cl)cc1. The van der Waals surface area contributed by atoms with Crippen molar-refractivity contribution in [2.45, 2.75) is 18.9 Å². The normalized spacial score (nSPS) is 14.8. The third-order valence-electron chi connectivity index (χ3n) is 6.17. The molecule has 1 aliphatic rings. The van der Waals surface area contributed by atoms with E-state index in [0.29, 0.717) is 46.9 Å². The van der Waals surface area contributed by atoms with Crippen molar-refractivity contribution in [1.29, 1.82) is 0 Å². The maximum absolute atomic E-state index is 13.7. The number of nitrogens with zero attached hydrogens (tertiary/aromatic N) is 2. The maximum Gasteiger partial charge on any atom is 0.260 e. The summed E-state index contributed by atoms with van der Waals surface area (Å²) in [4.78, 5) is 31.4. The number of thiophene rings is 1. The molecule has 4 rings (SSSR count). The molecular formula is C27H27Cl3N2O4S. The van der Waals surface area contributed by atoms with Crippen LogP contribution in [0.3, 0.4) is 0 Å². The Labute approximate surface area is 235 Å². The van der Waals surface area contributed by atoms with Gasteiger partial charge in [-0.15, -0.1) is 11.3 Å². The standard InChI is InChI=1S/C27H27Cl3N2O4S/c1-35-13-2-11-31(26(34)17-36-20-6-3-18(28)4-7-20)16-25(33)32-12-9-24-22(10-14-37-24)27(32)21-8-5-19(29)15-23(21)30/h3-8,10,14-15,27H,2,9,11-13,16-17H2,1H3. The number of fused-ring (bicyclic) bond motifs is 1. The van der Waals surface area contributed by atoms with Crippen molar-refractivity contribution < 1.29 is 19.1 Å². The molecule has 2 aromatic carbocycles. The van der Waals surface area contributed by atoms with E-state index in [0.717, 1.165) is 17.5 Å². The number of benzene rings is 2. The zero-order chi connectivity index (χ0) is 26.4. The smallest absolute Gasteiger partial charge is 0.260 e. The van der Waals surface area contributed by atoms with Crippen LogP contribution in [0.5, 0.6) is 5.75 Å². The Morgan fingerprint density at radius 3 is 2.54 bits per heavy atom. The quantitative estimate of drug-likeness (QED) is 0.271. The molecule has 0 N–H and O–H groups in total. The Morgan fingerprint density at radius 2 is 1.81 bits per heavy atom. The molecule has 37 heavy (non-hydrogen) atoms. The Balaban J connectivity index is 1.53. The number of methoxy groups -OCH3 is 1. The third kappa shape index (κ3) is 6.98. The lowest BCUT2D eigenvalue weighted by Gasteiger charge is -2.38. The molecule has 2 heterocycles. The zero-order valence-corrected chi connectivity index (χ0v) is 23.4. The van der Waals surface area contributed by atoms with Crippen molar-refractivity contribution in [2.24, 2.45) is 0 Å². The number of amides is 2. The van der Waals surface area contributed by atoms with Gasteiger partial charge in [-0.1, -0.05) is 40.9 Å². The van der Waals surface area contributed by atoms with Crippen LogP contribution < -0.4 is 4.74 Å². The summed E-state index contributed by atoms with van der Waals surface area (Å²) in [7, 11) is 1.60.